The standard InChI is InChI=1S/C9H3F5N2O3/c10-7(11)5-6(19-9(12,13)14)3(1-15)4(2-16-5)8(17)18/h2,7H,(H,17,18). The lowest BCUT2D eigenvalue weighted by Crippen LogP contribution is -2.20. The smallest absolute Gasteiger partial charge is 0.478 e. The van der Waals surface area contributed by atoms with Crippen LogP contribution < -0.4 is 4.74 Å². The molecule has 1 aromatic heterocycles. The zero-order valence-electron chi connectivity index (χ0n) is 8.70. The van der Waals surface area contributed by atoms with Gasteiger partial charge in [-0.1, -0.05) is 0 Å². The monoisotopic (exact) mass is 282 g/mol. The van der Waals surface area contributed by atoms with Crippen LogP contribution in [0, 0.1) is 11.3 Å². The van der Waals surface area contributed by atoms with E-state index in [-0.39, 0.29) is 0 Å². The summed E-state index contributed by atoms with van der Waals surface area (Å²) < 4.78 is 64.5. The van der Waals surface area contributed by atoms with Crippen LogP contribution in [-0.4, -0.2) is 22.4 Å². The van der Waals surface area contributed by atoms with Gasteiger partial charge >= 0.3 is 12.3 Å². The number of aromatic nitrogens is 1. The Morgan fingerprint density at radius 1 is 1.47 bits per heavy atom. The zero-order chi connectivity index (χ0) is 14.8. The van der Waals surface area contributed by atoms with Crippen molar-refractivity contribution in [1.29, 1.82) is 5.26 Å². The first kappa shape index (κ1) is 14.6. The lowest BCUT2D eigenvalue weighted by molar-refractivity contribution is -0.275. The molecule has 0 amide bonds. The summed E-state index contributed by atoms with van der Waals surface area (Å²) in [4.78, 5) is 13.5. The van der Waals surface area contributed by atoms with Gasteiger partial charge in [-0.2, -0.15) is 5.26 Å². The van der Waals surface area contributed by atoms with Gasteiger partial charge in [0.25, 0.3) is 6.43 Å². The molecule has 0 aliphatic carbocycles. The zero-order valence-corrected chi connectivity index (χ0v) is 8.70. The molecule has 0 spiro atoms. The molecule has 0 unspecified atom stereocenters. The van der Waals surface area contributed by atoms with Crippen molar-refractivity contribution in [3.63, 3.8) is 0 Å². The number of ether oxygens (including phenoxy) is 1. The molecule has 0 aromatic carbocycles. The van der Waals surface area contributed by atoms with Gasteiger partial charge in [0, 0.05) is 6.20 Å². The van der Waals surface area contributed by atoms with Crippen LogP contribution in [0.15, 0.2) is 6.20 Å². The highest BCUT2D eigenvalue weighted by molar-refractivity contribution is 5.91. The molecule has 0 fully saturated rings. The Balaban J connectivity index is 3.56. The summed E-state index contributed by atoms with van der Waals surface area (Å²) in [6, 6.07) is 1.08. The number of carboxylic acids is 1. The van der Waals surface area contributed by atoms with E-state index in [9.17, 15) is 26.7 Å². The van der Waals surface area contributed by atoms with Crippen LogP contribution in [0.4, 0.5) is 22.0 Å². The summed E-state index contributed by atoms with van der Waals surface area (Å²) in [7, 11) is 0. The van der Waals surface area contributed by atoms with Crippen LogP contribution in [-0.2, 0) is 0 Å². The maximum absolute atomic E-state index is 12.5. The average Bonchev–Trinajstić information content (AvgIpc) is 2.25. The van der Waals surface area contributed by atoms with E-state index in [2.05, 4.69) is 9.72 Å². The van der Waals surface area contributed by atoms with Gasteiger partial charge in [0.2, 0.25) is 0 Å². The van der Waals surface area contributed by atoms with Crippen LogP contribution in [0.1, 0.15) is 28.0 Å². The Hall–Kier alpha value is -2.44. The lowest BCUT2D eigenvalue weighted by atomic mass is 10.1. The molecule has 0 saturated heterocycles. The van der Waals surface area contributed by atoms with E-state index in [1.54, 1.807) is 0 Å². The number of hydrogen-bond acceptors (Lipinski definition) is 4. The van der Waals surface area contributed by atoms with E-state index in [4.69, 9.17) is 10.4 Å². The molecule has 0 atom stereocenters. The molecule has 0 aliphatic heterocycles. The number of alkyl halides is 5. The number of hydrogen-bond donors (Lipinski definition) is 1. The predicted octanol–water partition coefficient (Wildman–Crippen LogP) is 2.49. The molecule has 10 heteroatoms. The van der Waals surface area contributed by atoms with Crippen molar-refractivity contribution < 1.29 is 36.6 Å². The maximum atomic E-state index is 12.5. The van der Waals surface area contributed by atoms with Gasteiger partial charge in [-0.05, 0) is 0 Å². The highest BCUT2D eigenvalue weighted by Crippen LogP contribution is 2.35. The van der Waals surface area contributed by atoms with Gasteiger partial charge in [-0.3, -0.25) is 4.98 Å². The first-order chi connectivity index (χ1) is 8.67. The molecule has 19 heavy (non-hydrogen) atoms. The van der Waals surface area contributed by atoms with Gasteiger partial charge in [-0.25, -0.2) is 13.6 Å². The fraction of sp³-hybridized carbons (Fsp3) is 0.222. The van der Waals surface area contributed by atoms with Crippen molar-refractivity contribution in [2.45, 2.75) is 12.8 Å². The Bertz CT molecular complexity index is 550. The van der Waals surface area contributed by atoms with Crippen LogP contribution >= 0.6 is 0 Å². The Kier molecular flexibility index (Phi) is 3.89. The Labute approximate surface area is 101 Å². The third-order valence-corrected chi connectivity index (χ3v) is 1.83. The second kappa shape index (κ2) is 5.05. The fourth-order valence-electron chi connectivity index (χ4n) is 1.16. The summed E-state index contributed by atoms with van der Waals surface area (Å²) >= 11 is 0. The molecule has 5 nitrogen and oxygen atoms in total. The highest BCUT2D eigenvalue weighted by atomic mass is 19.4. The van der Waals surface area contributed by atoms with Crippen LogP contribution in [0.2, 0.25) is 0 Å². The first-order valence-electron chi connectivity index (χ1n) is 4.37. The highest BCUT2D eigenvalue weighted by Gasteiger charge is 2.36. The van der Waals surface area contributed by atoms with Gasteiger partial charge < -0.3 is 9.84 Å². The molecule has 102 valence electrons. The van der Waals surface area contributed by atoms with E-state index in [0.717, 1.165) is 6.07 Å². The topological polar surface area (TPSA) is 83.2 Å². The van der Waals surface area contributed by atoms with E-state index < -0.39 is 41.3 Å². The largest absolute Gasteiger partial charge is 0.573 e. The second-order valence-corrected chi connectivity index (χ2v) is 3.03. The third kappa shape index (κ3) is 3.27. The van der Waals surface area contributed by atoms with Gasteiger partial charge in [0.15, 0.2) is 5.75 Å². The van der Waals surface area contributed by atoms with Crippen LogP contribution in [0.25, 0.3) is 0 Å². The molecular weight excluding hydrogens is 279 g/mol. The second-order valence-electron chi connectivity index (χ2n) is 3.03. The number of halogens is 5. The van der Waals surface area contributed by atoms with E-state index in [1.807, 2.05) is 0 Å². The molecule has 1 N–H and O–H groups in total. The number of nitriles is 1. The average molecular weight is 282 g/mol. The van der Waals surface area contributed by atoms with Crippen molar-refractivity contribution >= 4 is 5.97 Å². The number of rotatable bonds is 3. The minimum atomic E-state index is -5.37. The quantitative estimate of drug-likeness (QED) is 0.861. The first-order valence-corrected chi connectivity index (χ1v) is 4.37. The van der Waals surface area contributed by atoms with Gasteiger partial charge in [-0.15, -0.1) is 13.2 Å². The molecule has 1 rings (SSSR count). The summed E-state index contributed by atoms with van der Waals surface area (Å²) in [5.74, 6) is -3.40. The Morgan fingerprint density at radius 3 is 2.42 bits per heavy atom. The molecular formula is C9H3F5N2O3. The molecule has 1 heterocycles. The number of aromatic carboxylic acids is 1. The van der Waals surface area contributed by atoms with Gasteiger partial charge in [0.05, 0.1) is 5.56 Å². The summed E-state index contributed by atoms with van der Waals surface area (Å²) in [6.45, 7) is 0. The SMILES string of the molecule is N#Cc1c(C(=O)O)cnc(C(F)F)c1OC(F)(F)F. The lowest BCUT2D eigenvalue weighted by Gasteiger charge is -2.14. The van der Waals surface area contributed by atoms with Crippen molar-refractivity contribution in [3.05, 3.63) is 23.0 Å². The minimum Gasteiger partial charge on any atom is -0.478 e. The van der Waals surface area contributed by atoms with Crippen molar-refractivity contribution in [2.75, 3.05) is 0 Å². The van der Waals surface area contributed by atoms with Crippen molar-refractivity contribution in [3.8, 4) is 11.8 Å². The molecule has 0 radical (unpaired) electrons. The number of carbonyl (C=O) groups is 1. The number of nitrogens with zero attached hydrogens (tertiary/aromatic N) is 2. The summed E-state index contributed by atoms with van der Waals surface area (Å²) in [5.41, 5.74) is -3.60. The van der Waals surface area contributed by atoms with E-state index in [1.165, 1.54) is 0 Å². The minimum absolute atomic E-state index is 0.367. The third-order valence-electron chi connectivity index (χ3n) is 1.83. The number of pyridine rings is 1. The normalized spacial score (nSPS) is 11.2. The summed E-state index contributed by atoms with van der Waals surface area (Å²) in [5, 5.41) is 17.3. The predicted molar refractivity (Wildman–Crippen MR) is 47.6 cm³/mol. The van der Waals surface area contributed by atoms with Crippen LogP contribution in [0.3, 0.4) is 0 Å². The molecule has 0 bridgehead atoms. The fourth-order valence-corrected chi connectivity index (χ4v) is 1.16. The van der Waals surface area contributed by atoms with E-state index >= 15 is 0 Å². The van der Waals surface area contributed by atoms with E-state index in [0.29, 0.717) is 6.20 Å². The number of carboxylic acid groups (broad SMARTS) is 1. The maximum Gasteiger partial charge on any atom is 0.573 e. The molecule has 0 saturated carbocycles. The summed E-state index contributed by atoms with van der Waals surface area (Å²) in [6.07, 6.45) is -8.47. The van der Waals surface area contributed by atoms with Gasteiger partial charge in [0.1, 0.15) is 17.3 Å². The van der Waals surface area contributed by atoms with Crippen molar-refractivity contribution in [1.82, 2.24) is 4.98 Å². The molecule has 1 aromatic rings. The van der Waals surface area contributed by atoms with Crippen molar-refractivity contribution in [2.24, 2.45) is 0 Å². The Morgan fingerprint density at radius 2 is 2.05 bits per heavy atom. The molecule has 0 aliphatic rings. The van der Waals surface area contributed by atoms with Crippen LogP contribution in [0.5, 0.6) is 5.75 Å².